The molecule has 0 aliphatic heterocycles. The van der Waals surface area contributed by atoms with Crippen LogP contribution < -0.4 is 16.6 Å². The standard InChI is InChI=1S/C23H22ClN5O3S/c1-14-6-4-5-7-17(14)25-18(30)13-33-22-26-20-19(21(31)28(3)23(32)27(20)2)29(22)12-15-8-10-16(24)11-9-15/h4-11H,12-13H2,1-3H3,(H,25,30). The van der Waals surface area contributed by atoms with E-state index in [0.29, 0.717) is 22.2 Å². The van der Waals surface area contributed by atoms with Crippen LogP contribution >= 0.6 is 23.4 Å². The zero-order valence-electron chi connectivity index (χ0n) is 18.3. The average Bonchev–Trinajstić information content (AvgIpc) is 3.16. The van der Waals surface area contributed by atoms with Crippen LogP contribution in [0, 0.1) is 6.92 Å². The molecule has 0 saturated carbocycles. The number of carbonyl (C=O) groups is 1. The van der Waals surface area contributed by atoms with Gasteiger partial charge >= 0.3 is 5.69 Å². The summed E-state index contributed by atoms with van der Waals surface area (Å²) < 4.78 is 4.14. The van der Waals surface area contributed by atoms with Crippen LogP contribution in [0.25, 0.3) is 11.2 Å². The van der Waals surface area contributed by atoms with Gasteiger partial charge in [-0.1, -0.05) is 53.7 Å². The van der Waals surface area contributed by atoms with Gasteiger partial charge in [0, 0.05) is 24.8 Å². The zero-order valence-corrected chi connectivity index (χ0v) is 19.9. The highest BCUT2D eigenvalue weighted by Crippen LogP contribution is 2.24. The summed E-state index contributed by atoms with van der Waals surface area (Å²) in [6.07, 6.45) is 0. The number of para-hydroxylation sites is 1. The quantitative estimate of drug-likeness (QED) is 0.425. The SMILES string of the molecule is Cc1ccccc1NC(=O)CSc1nc2c(c(=O)n(C)c(=O)n2C)n1Cc1ccc(Cl)cc1. The first kappa shape index (κ1) is 22.9. The normalized spacial score (nSPS) is 11.2. The first-order chi connectivity index (χ1) is 15.8. The largest absolute Gasteiger partial charge is 0.332 e. The Balaban J connectivity index is 1.71. The van der Waals surface area contributed by atoms with Gasteiger partial charge in [0.1, 0.15) is 0 Å². The number of nitrogens with one attached hydrogen (secondary N) is 1. The summed E-state index contributed by atoms with van der Waals surface area (Å²) in [6.45, 7) is 2.26. The zero-order chi connectivity index (χ0) is 23.7. The Kier molecular flexibility index (Phi) is 6.44. The predicted molar refractivity (Wildman–Crippen MR) is 131 cm³/mol. The number of amides is 1. The lowest BCUT2D eigenvalue weighted by atomic mass is 10.2. The van der Waals surface area contributed by atoms with E-state index in [0.717, 1.165) is 21.4 Å². The molecule has 2 aromatic carbocycles. The molecular weight excluding hydrogens is 462 g/mol. The molecule has 2 heterocycles. The first-order valence-electron chi connectivity index (χ1n) is 10.1. The second-order valence-electron chi connectivity index (χ2n) is 7.64. The molecule has 0 unspecified atom stereocenters. The highest BCUT2D eigenvalue weighted by molar-refractivity contribution is 7.99. The van der Waals surface area contributed by atoms with Gasteiger partial charge in [-0.15, -0.1) is 0 Å². The summed E-state index contributed by atoms with van der Waals surface area (Å²) in [5.74, 6) is -0.104. The number of anilines is 1. The minimum absolute atomic E-state index is 0.0898. The number of rotatable bonds is 6. The van der Waals surface area contributed by atoms with Crippen LogP contribution in [0.15, 0.2) is 63.3 Å². The van der Waals surface area contributed by atoms with Crippen molar-refractivity contribution in [2.45, 2.75) is 18.6 Å². The van der Waals surface area contributed by atoms with Crippen LogP contribution in [0.1, 0.15) is 11.1 Å². The van der Waals surface area contributed by atoms with E-state index in [9.17, 15) is 14.4 Å². The monoisotopic (exact) mass is 483 g/mol. The highest BCUT2D eigenvalue weighted by Gasteiger charge is 2.20. The Bertz CT molecular complexity index is 1470. The molecule has 0 fully saturated rings. The van der Waals surface area contributed by atoms with Crippen LogP contribution in [0.3, 0.4) is 0 Å². The van der Waals surface area contributed by atoms with Gasteiger partial charge in [0.2, 0.25) is 5.91 Å². The second kappa shape index (κ2) is 9.29. The van der Waals surface area contributed by atoms with Crippen molar-refractivity contribution >= 4 is 46.1 Å². The van der Waals surface area contributed by atoms with Gasteiger partial charge in [-0.2, -0.15) is 0 Å². The topological polar surface area (TPSA) is 90.9 Å². The van der Waals surface area contributed by atoms with E-state index in [2.05, 4.69) is 10.3 Å². The fraction of sp³-hybridized carbons (Fsp3) is 0.217. The van der Waals surface area contributed by atoms with Crippen LogP contribution in [-0.4, -0.2) is 30.3 Å². The maximum atomic E-state index is 13.0. The van der Waals surface area contributed by atoms with Crippen molar-refractivity contribution in [2.24, 2.45) is 14.1 Å². The van der Waals surface area contributed by atoms with Crippen molar-refractivity contribution in [3.8, 4) is 0 Å². The fourth-order valence-electron chi connectivity index (χ4n) is 3.49. The molecule has 4 aromatic rings. The molecule has 10 heteroatoms. The second-order valence-corrected chi connectivity index (χ2v) is 9.02. The molecule has 33 heavy (non-hydrogen) atoms. The number of hydrogen-bond donors (Lipinski definition) is 1. The number of nitrogens with zero attached hydrogens (tertiary/aromatic N) is 4. The van der Waals surface area contributed by atoms with Crippen LogP contribution in [-0.2, 0) is 25.4 Å². The number of aromatic nitrogens is 4. The molecule has 0 radical (unpaired) electrons. The number of hydrogen-bond acceptors (Lipinski definition) is 5. The Morgan fingerprint density at radius 3 is 2.45 bits per heavy atom. The number of aryl methyl sites for hydroxylation is 2. The number of fused-ring (bicyclic) bond motifs is 1. The number of thioether (sulfide) groups is 1. The van der Waals surface area contributed by atoms with E-state index in [4.69, 9.17) is 11.6 Å². The number of carbonyl (C=O) groups excluding carboxylic acids is 1. The van der Waals surface area contributed by atoms with Gasteiger partial charge < -0.3 is 9.88 Å². The summed E-state index contributed by atoms with van der Waals surface area (Å²) in [7, 11) is 3.01. The third kappa shape index (κ3) is 4.60. The third-order valence-corrected chi connectivity index (χ3v) is 6.55. The van der Waals surface area contributed by atoms with E-state index in [-0.39, 0.29) is 17.3 Å². The number of halogens is 1. The minimum atomic E-state index is -0.461. The van der Waals surface area contributed by atoms with E-state index >= 15 is 0 Å². The molecule has 0 spiro atoms. The summed E-state index contributed by atoms with van der Waals surface area (Å²) in [6, 6.07) is 14.8. The summed E-state index contributed by atoms with van der Waals surface area (Å²) in [4.78, 5) is 42.5. The molecule has 4 rings (SSSR count). The van der Waals surface area contributed by atoms with Gasteiger partial charge in [0.05, 0.1) is 12.3 Å². The summed E-state index contributed by atoms with van der Waals surface area (Å²) in [5, 5.41) is 3.98. The van der Waals surface area contributed by atoms with Crippen molar-refractivity contribution in [3.63, 3.8) is 0 Å². The molecule has 1 amide bonds. The van der Waals surface area contributed by atoms with Crippen molar-refractivity contribution < 1.29 is 4.79 Å². The van der Waals surface area contributed by atoms with E-state index < -0.39 is 11.2 Å². The maximum absolute atomic E-state index is 13.0. The van der Waals surface area contributed by atoms with Crippen LogP contribution in [0.4, 0.5) is 5.69 Å². The number of imidazole rings is 1. The van der Waals surface area contributed by atoms with Crippen molar-refractivity contribution in [2.75, 3.05) is 11.1 Å². The highest BCUT2D eigenvalue weighted by atomic mass is 35.5. The molecular formula is C23H22ClN5O3S. The van der Waals surface area contributed by atoms with Gasteiger partial charge in [-0.05, 0) is 36.2 Å². The Morgan fingerprint density at radius 1 is 1.06 bits per heavy atom. The fourth-order valence-corrected chi connectivity index (χ4v) is 4.41. The Hall–Kier alpha value is -3.30. The Morgan fingerprint density at radius 2 is 1.76 bits per heavy atom. The molecule has 1 N–H and O–H groups in total. The molecule has 2 aromatic heterocycles. The number of benzene rings is 2. The lowest BCUT2D eigenvalue weighted by Gasteiger charge is -2.10. The van der Waals surface area contributed by atoms with E-state index in [1.54, 1.807) is 23.7 Å². The predicted octanol–water partition coefficient (Wildman–Crippen LogP) is 3.17. The van der Waals surface area contributed by atoms with Crippen molar-refractivity contribution in [1.29, 1.82) is 0 Å². The third-order valence-electron chi connectivity index (χ3n) is 5.32. The van der Waals surface area contributed by atoms with Gasteiger partial charge in [0.15, 0.2) is 16.3 Å². The van der Waals surface area contributed by atoms with Crippen molar-refractivity contribution in [1.82, 2.24) is 18.7 Å². The lowest BCUT2D eigenvalue weighted by Crippen LogP contribution is -2.37. The smallest absolute Gasteiger partial charge is 0.325 e. The van der Waals surface area contributed by atoms with E-state index in [1.807, 2.05) is 43.3 Å². The lowest BCUT2D eigenvalue weighted by molar-refractivity contribution is -0.113. The van der Waals surface area contributed by atoms with Crippen molar-refractivity contribution in [3.05, 3.63) is 85.5 Å². The molecule has 0 saturated heterocycles. The minimum Gasteiger partial charge on any atom is -0.325 e. The van der Waals surface area contributed by atoms with E-state index in [1.165, 1.54) is 23.4 Å². The maximum Gasteiger partial charge on any atom is 0.332 e. The van der Waals surface area contributed by atoms with Crippen LogP contribution in [0.5, 0.6) is 0 Å². The van der Waals surface area contributed by atoms with Gasteiger partial charge in [0.25, 0.3) is 5.56 Å². The average molecular weight is 484 g/mol. The molecule has 0 aliphatic rings. The van der Waals surface area contributed by atoms with Gasteiger partial charge in [-0.25, -0.2) is 9.78 Å². The Labute approximate surface area is 198 Å². The first-order valence-corrected chi connectivity index (χ1v) is 11.5. The molecule has 170 valence electrons. The summed E-state index contributed by atoms with van der Waals surface area (Å²) in [5.41, 5.74) is 2.29. The van der Waals surface area contributed by atoms with Gasteiger partial charge in [-0.3, -0.25) is 18.7 Å². The van der Waals surface area contributed by atoms with Crippen LogP contribution in [0.2, 0.25) is 5.02 Å². The molecule has 0 bridgehead atoms. The summed E-state index contributed by atoms with van der Waals surface area (Å²) >= 11 is 7.21. The molecule has 8 nitrogen and oxygen atoms in total. The molecule has 0 atom stereocenters. The molecule has 0 aliphatic carbocycles.